The highest BCUT2D eigenvalue weighted by molar-refractivity contribution is 6.09. The van der Waals surface area contributed by atoms with E-state index in [1.807, 2.05) is 0 Å². The van der Waals surface area contributed by atoms with Crippen LogP contribution >= 0.6 is 0 Å². The van der Waals surface area contributed by atoms with Gasteiger partial charge in [0.05, 0.1) is 16.8 Å². The molecule has 2 aliphatic carbocycles. The summed E-state index contributed by atoms with van der Waals surface area (Å²) >= 11 is 0. The molecule has 0 unspecified atom stereocenters. The first kappa shape index (κ1) is 38.3. The summed E-state index contributed by atoms with van der Waals surface area (Å²) in [5.74, 6) is 0.699. The molecule has 1 heterocycles. The van der Waals surface area contributed by atoms with Crippen LogP contribution in [0.3, 0.4) is 0 Å². The standard InChI is InChI=1S/C64H44N2/c1-63(2)55-39-36-41-20-12-13-27-45(41)59(55)53-33-18-31-50(61(53)63)48-37-38-49(47-29-15-14-28-46(47)48)57-40-58(66-62(65-57)42-21-6-3-7-22-42)52-32-19-35-56-60(52)51-30-16-17-34-54(51)64(56,43-23-8-4-9-24-43)44-25-10-5-11-26-44/h3-40H,1-2H3. The molecule has 2 aliphatic rings. The highest BCUT2D eigenvalue weighted by Crippen LogP contribution is 2.59. The lowest BCUT2D eigenvalue weighted by molar-refractivity contribution is 0.662. The Balaban J connectivity index is 1.03. The first-order valence-electron chi connectivity index (χ1n) is 23.0. The Bertz CT molecular complexity index is 3680. The lowest BCUT2D eigenvalue weighted by atomic mass is 9.67. The van der Waals surface area contributed by atoms with Crippen molar-refractivity contribution in [3.63, 3.8) is 0 Å². The van der Waals surface area contributed by atoms with E-state index in [0.29, 0.717) is 5.82 Å². The van der Waals surface area contributed by atoms with Crippen LogP contribution in [0.15, 0.2) is 231 Å². The molecular weight excluding hydrogens is 797 g/mol. The summed E-state index contributed by atoms with van der Waals surface area (Å²) in [6.07, 6.45) is 0. The minimum Gasteiger partial charge on any atom is -0.228 e. The fraction of sp³-hybridized carbons (Fsp3) is 0.0625. The zero-order valence-corrected chi connectivity index (χ0v) is 36.8. The van der Waals surface area contributed by atoms with E-state index in [1.54, 1.807) is 0 Å². The molecule has 0 bridgehead atoms. The summed E-state index contributed by atoms with van der Waals surface area (Å²) in [5, 5.41) is 4.94. The molecule has 10 aromatic carbocycles. The van der Waals surface area contributed by atoms with Crippen molar-refractivity contribution in [3.05, 3.63) is 264 Å². The number of fused-ring (bicyclic) bond motifs is 9. The van der Waals surface area contributed by atoms with Gasteiger partial charge in [-0.1, -0.05) is 238 Å². The second-order valence-corrected chi connectivity index (χ2v) is 18.4. The minimum atomic E-state index is -0.519. The molecule has 0 spiro atoms. The lowest BCUT2D eigenvalue weighted by Crippen LogP contribution is -2.28. The number of benzene rings is 10. The normalized spacial score (nSPS) is 13.8. The summed E-state index contributed by atoms with van der Waals surface area (Å²) in [7, 11) is 0. The molecule has 2 heteroatoms. The van der Waals surface area contributed by atoms with Gasteiger partial charge in [-0.15, -0.1) is 0 Å². The van der Waals surface area contributed by atoms with Gasteiger partial charge >= 0.3 is 0 Å². The van der Waals surface area contributed by atoms with E-state index >= 15 is 0 Å². The Morgan fingerprint density at radius 3 is 1.61 bits per heavy atom. The molecule has 11 aromatic rings. The van der Waals surface area contributed by atoms with E-state index in [9.17, 15) is 0 Å². The second kappa shape index (κ2) is 14.7. The van der Waals surface area contributed by atoms with Crippen LogP contribution in [0, 0.1) is 0 Å². The van der Waals surface area contributed by atoms with Crippen LogP contribution in [0.5, 0.6) is 0 Å². The van der Waals surface area contributed by atoms with Crippen molar-refractivity contribution < 1.29 is 0 Å². The van der Waals surface area contributed by atoms with E-state index in [1.165, 1.54) is 82.9 Å². The van der Waals surface area contributed by atoms with Crippen LogP contribution in [0.25, 0.3) is 88.8 Å². The van der Waals surface area contributed by atoms with Gasteiger partial charge in [0, 0.05) is 22.1 Å². The zero-order valence-electron chi connectivity index (χ0n) is 36.8. The quantitative estimate of drug-likeness (QED) is 0.167. The third kappa shape index (κ3) is 5.48. The average Bonchev–Trinajstić information content (AvgIpc) is 3.82. The fourth-order valence-electron chi connectivity index (χ4n) is 11.8. The van der Waals surface area contributed by atoms with Gasteiger partial charge < -0.3 is 0 Å². The smallest absolute Gasteiger partial charge is 0.160 e. The third-order valence-electron chi connectivity index (χ3n) is 14.6. The Labute approximate surface area is 385 Å². The second-order valence-electron chi connectivity index (χ2n) is 18.4. The number of nitrogens with zero attached hydrogens (tertiary/aromatic N) is 2. The molecular formula is C64H44N2. The van der Waals surface area contributed by atoms with Crippen molar-refractivity contribution in [1.29, 1.82) is 0 Å². The van der Waals surface area contributed by atoms with Gasteiger partial charge in [-0.05, 0) is 94.4 Å². The minimum absolute atomic E-state index is 0.190. The van der Waals surface area contributed by atoms with E-state index in [2.05, 4.69) is 244 Å². The van der Waals surface area contributed by atoms with Crippen molar-refractivity contribution in [2.24, 2.45) is 0 Å². The average molecular weight is 841 g/mol. The summed E-state index contributed by atoms with van der Waals surface area (Å²) < 4.78 is 0. The number of hydrogen-bond acceptors (Lipinski definition) is 2. The first-order chi connectivity index (χ1) is 32.5. The zero-order chi connectivity index (χ0) is 44.0. The first-order valence-corrected chi connectivity index (χ1v) is 23.0. The molecule has 0 N–H and O–H groups in total. The molecule has 66 heavy (non-hydrogen) atoms. The Hall–Kier alpha value is -8.20. The molecule has 1 aromatic heterocycles. The summed E-state index contributed by atoms with van der Waals surface area (Å²) in [6, 6.07) is 84.2. The molecule has 0 radical (unpaired) electrons. The molecule has 2 nitrogen and oxygen atoms in total. The molecule has 0 saturated heterocycles. The maximum atomic E-state index is 5.47. The number of aromatic nitrogens is 2. The molecule has 310 valence electrons. The van der Waals surface area contributed by atoms with E-state index in [0.717, 1.165) is 33.5 Å². The maximum Gasteiger partial charge on any atom is 0.160 e. The topological polar surface area (TPSA) is 25.8 Å². The van der Waals surface area contributed by atoms with Gasteiger partial charge in [0.15, 0.2) is 5.82 Å². The van der Waals surface area contributed by atoms with Crippen LogP contribution in [-0.2, 0) is 10.8 Å². The van der Waals surface area contributed by atoms with Gasteiger partial charge in [-0.3, -0.25) is 0 Å². The molecule has 0 fully saturated rings. The van der Waals surface area contributed by atoms with Gasteiger partial charge in [0.25, 0.3) is 0 Å². The van der Waals surface area contributed by atoms with Crippen molar-refractivity contribution in [2.75, 3.05) is 0 Å². The lowest BCUT2D eigenvalue weighted by Gasteiger charge is -2.33. The van der Waals surface area contributed by atoms with Crippen LogP contribution in [-0.4, -0.2) is 9.97 Å². The van der Waals surface area contributed by atoms with Crippen LogP contribution in [0.1, 0.15) is 47.2 Å². The van der Waals surface area contributed by atoms with Gasteiger partial charge in [0.1, 0.15) is 0 Å². The SMILES string of the molecule is CC1(C)c2ccc3ccccc3c2-c2cccc(-c3ccc(-c4cc(-c5cccc6c5-c5ccccc5C6(c5ccccc5)c5ccccc5)nc(-c5ccccc5)n4)c4ccccc34)c21. The number of rotatable bonds is 6. The third-order valence-corrected chi connectivity index (χ3v) is 14.6. The molecule has 0 saturated carbocycles. The number of hydrogen-bond donors (Lipinski definition) is 0. The molecule has 13 rings (SSSR count). The van der Waals surface area contributed by atoms with Crippen molar-refractivity contribution >= 4 is 21.5 Å². The maximum absolute atomic E-state index is 5.47. The van der Waals surface area contributed by atoms with E-state index in [4.69, 9.17) is 9.97 Å². The predicted molar refractivity (Wildman–Crippen MR) is 274 cm³/mol. The Morgan fingerprint density at radius 1 is 0.333 bits per heavy atom. The van der Waals surface area contributed by atoms with Gasteiger partial charge in [-0.2, -0.15) is 0 Å². The Morgan fingerprint density at radius 2 is 0.864 bits per heavy atom. The fourth-order valence-corrected chi connectivity index (χ4v) is 11.8. The van der Waals surface area contributed by atoms with Crippen LogP contribution < -0.4 is 0 Å². The monoisotopic (exact) mass is 840 g/mol. The van der Waals surface area contributed by atoms with Crippen molar-refractivity contribution in [1.82, 2.24) is 9.97 Å². The van der Waals surface area contributed by atoms with Gasteiger partial charge in [-0.25, -0.2) is 9.97 Å². The molecule has 0 amide bonds. The van der Waals surface area contributed by atoms with Crippen molar-refractivity contribution in [2.45, 2.75) is 24.7 Å². The van der Waals surface area contributed by atoms with E-state index < -0.39 is 5.41 Å². The van der Waals surface area contributed by atoms with Crippen LogP contribution in [0.4, 0.5) is 0 Å². The Kier molecular flexibility index (Phi) is 8.51. The van der Waals surface area contributed by atoms with Crippen LogP contribution in [0.2, 0.25) is 0 Å². The summed E-state index contributed by atoms with van der Waals surface area (Å²) in [5.41, 5.74) is 19.6. The largest absolute Gasteiger partial charge is 0.228 e. The van der Waals surface area contributed by atoms with Gasteiger partial charge in [0.2, 0.25) is 0 Å². The van der Waals surface area contributed by atoms with Crippen molar-refractivity contribution in [3.8, 4) is 67.3 Å². The highest BCUT2D eigenvalue weighted by atomic mass is 14.9. The predicted octanol–water partition coefficient (Wildman–Crippen LogP) is 16.1. The van der Waals surface area contributed by atoms with E-state index in [-0.39, 0.29) is 5.41 Å². The highest BCUT2D eigenvalue weighted by Gasteiger charge is 2.47. The molecule has 0 aliphatic heterocycles. The summed E-state index contributed by atoms with van der Waals surface area (Å²) in [6.45, 7) is 4.78. The summed E-state index contributed by atoms with van der Waals surface area (Å²) in [4.78, 5) is 10.9. The molecule has 0 atom stereocenters.